The van der Waals surface area contributed by atoms with Crippen LogP contribution in [0.25, 0.3) is 0 Å². The summed E-state index contributed by atoms with van der Waals surface area (Å²) in [5.74, 6) is -0.344. The molecule has 1 saturated heterocycles. The molecule has 0 atom stereocenters. The van der Waals surface area contributed by atoms with Crippen molar-refractivity contribution in [1.29, 1.82) is 0 Å². The van der Waals surface area contributed by atoms with E-state index in [1.54, 1.807) is 13.8 Å². The lowest BCUT2D eigenvalue weighted by Gasteiger charge is -2.45. The van der Waals surface area contributed by atoms with Crippen molar-refractivity contribution < 1.29 is 28.1 Å². The highest BCUT2D eigenvalue weighted by Gasteiger charge is 2.40. The number of nitrogens with zero attached hydrogens (tertiary/aromatic N) is 2. The van der Waals surface area contributed by atoms with E-state index in [1.807, 2.05) is 0 Å². The van der Waals surface area contributed by atoms with Gasteiger partial charge >= 0.3 is 7.12 Å². The molecule has 136 valence electrons. The third-order valence-corrected chi connectivity index (χ3v) is 5.73. The van der Waals surface area contributed by atoms with Crippen molar-refractivity contribution in [3.8, 4) is 0 Å². The van der Waals surface area contributed by atoms with Crippen LogP contribution in [0.1, 0.15) is 34.6 Å². The first-order valence-electron chi connectivity index (χ1n) is 7.70. The average molecular weight is 368 g/mol. The fourth-order valence-electron chi connectivity index (χ4n) is 3.15. The summed E-state index contributed by atoms with van der Waals surface area (Å²) < 4.78 is 25.1. The molecule has 1 aromatic carbocycles. The number of piperazine rings is 1. The molecule has 1 heterocycles. The molecule has 1 amide bonds. The minimum atomic E-state index is -3.38. The molecule has 0 saturated carbocycles. The van der Waals surface area contributed by atoms with Gasteiger partial charge in [0, 0.05) is 36.3 Å². The van der Waals surface area contributed by atoms with Crippen molar-refractivity contribution in [2.45, 2.75) is 19.4 Å². The standard InChI is InChI=1S/C15H21BN2O6S/c1-15(2)10-17(6-7-18(15)25(3,23)24)14(20)11-4-5-13(16(21)22)12(8-11)9-19/h4-5,8-9,21-22H,6-7,10H2,1-3H3. The van der Waals surface area contributed by atoms with Crippen LogP contribution in [0.3, 0.4) is 0 Å². The van der Waals surface area contributed by atoms with E-state index >= 15 is 0 Å². The van der Waals surface area contributed by atoms with Crippen LogP contribution in [0.4, 0.5) is 0 Å². The summed E-state index contributed by atoms with van der Waals surface area (Å²) in [6, 6.07) is 4.04. The van der Waals surface area contributed by atoms with Crippen LogP contribution < -0.4 is 5.46 Å². The summed E-state index contributed by atoms with van der Waals surface area (Å²) in [6.45, 7) is 4.12. The maximum absolute atomic E-state index is 12.7. The van der Waals surface area contributed by atoms with Crippen LogP contribution in [-0.2, 0) is 10.0 Å². The summed E-state index contributed by atoms with van der Waals surface area (Å²) in [7, 11) is -5.18. The second kappa shape index (κ2) is 6.87. The fourth-order valence-corrected chi connectivity index (χ4v) is 4.52. The van der Waals surface area contributed by atoms with Gasteiger partial charge in [-0.3, -0.25) is 9.59 Å². The minimum Gasteiger partial charge on any atom is -0.423 e. The van der Waals surface area contributed by atoms with Gasteiger partial charge in [0.25, 0.3) is 5.91 Å². The van der Waals surface area contributed by atoms with Gasteiger partial charge in [0.05, 0.1) is 6.26 Å². The van der Waals surface area contributed by atoms with Crippen LogP contribution in [0.2, 0.25) is 0 Å². The molecule has 25 heavy (non-hydrogen) atoms. The molecule has 0 unspecified atom stereocenters. The van der Waals surface area contributed by atoms with Crippen molar-refractivity contribution >= 4 is 34.8 Å². The van der Waals surface area contributed by atoms with Crippen molar-refractivity contribution in [1.82, 2.24) is 9.21 Å². The summed E-state index contributed by atoms with van der Waals surface area (Å²) >= 11 is 0. The Morgan fingerprint density at radius 2 is 1.92 bits per heavy atom. The SMILES string of the molecule is CC1(C)CN(C(=O)c2ccc(B(O)O)c(C=O)c2)CCN1S(C)(=O)=O. The topological polar surface area (TPSA) is 115 Å². The Morgan fingerprint density at radius 1 is 1.28 bits per heavy atom. The highest BCUT2D eigenvalue weighted by molar-refractivity contribution is 7.88. The predicted octanol–water partition coefficient (Wildman–Crippen LogP) is -1.33. The lowest BCUT2D eigenvalue weighted by atomic mass is 9.76. The zero-order valence-electron chi connectivity index (χ0n) is 14.3. The molecule has 1 aliphatic heterocycles. The highest BCUT2D eigenvalue weighted by atomic mass is 32.2. The molecule has 0 aromatic heterocycles. The number of amides is 1. The van der Waals surface area contributed by atoms with Gasteiger partial charge in [-0.15, -0.1) is 0 Å². The van der Waals surface area contributed by atoms with Crippen molar-refractivity contribution in [3.05, 3.63) is 29.3 Å². The molecule has 0 spiro atoms. The van der Waals surface area contributed by atoms with Crippen LogP contribution in [0, 0.1) is 0 Å². The van der Waals surface area contributed by atoms with Gasteiger partial charge in [-0.1, -0.05) is 6.07 Å². The molecule has 0 bridgehead atoms. The summed E-state index contributed by atoms with van der Waals surface area (Å²) in [4.78, 5) is 25.4. The maximum atomic E-state index is 12.7. The number of hydrogen-bond donors (Lipinski definition) is 2. The predicted molar refractivity (Wildman–Crippen MR) is 93.2 cm³/mol. The zero-order chi connectivity index (χ0) is 19.0. The Morgan fingerprint density at radius 3 is 2.40 bits per heavy atom. The van der Waals surface area contributed by atoms with E-state index in [2.05, 4.69) is 0 Å². The molecule has 2 N–H and O–H groups in total. The molecule has 1 fully saturated rings. The third kappa shape index (κ3) is 4.09. The van der Waals surface area contributed by atoms with Crippen LogP contribution >= 0.6 is 0 Å². The highest BCUT2D eigenvalue weighted by Crippen LogP contribution is 2.24. The number of carbonyl (C=O) groups excluding carboxylic acids is 2. The molecule has 0 radical (unpaired) electrons. The molecular weight excluding hydrogens is 347 g/mol. The van der Waals surface area contributed by atoms with E-state index in [4.69, 9.17) is 0 Å². The van der Waals surface area contributed by atoms with Gasteiger partial charge < -0.3 is 14.9 Å². The van der Waals surface area contributed by atoms with Gasteiger partial charge in [-0.25, -0.2) is 8.42 Å². The normalized spacial score (nSPS) is 18.0. The molecular formula is C15H21BN2O6S. The van der Waals surface area contributed by atoms with Crippen molar-refractivity contribution in [2.24, 2.45) is 0 Å². The minimum absolute atomic E-state index is 0.0220. The first-order chi connectivity index (χ1) is 11.5. The molecule has 0 aliphatic carbocycles. The molecule has 1 aliphatic rings. The van der Waals surface area contributed by atoms with Crippen LogP contribution in [0.15, 0.2) is 18.2 Å². The van der Waals surface area contributed by atoms with E-state index in [9.17, 15) is 28.1 Å². The maximum Gasteiger partial charge on any atom is 0.489 e. The average Bonchev–Trinajstić information content (AvgIpc) is 2.51. The molecule has 2 rings (SSSR count). The van der Waals surface area contributed by atoms with E-state index in [1.165, 1.54) is 27.4 Å². The summed E-state index contributed by atoms with van der Waals surface area (Å²) in [5.41, 5.74) is -0.477. The van der Waals surface area contributed by atoms with Gasteiger partial charge in [0.1, 0.15) is 6.29 Å². The van der Waals surface area contributed by atoms with Gasteiger partial charge in [0.15, 0.2) is 0 Å². The number of hydrogen-bond acceptors (Lipinski definition) is 6. The Hall–Kier alpha value is -1.75. The monoisotopic (exact) mass is 368 g/mol. The van der Waals surface area contributed by atoms with E-state index in [-0.39, 0.29) is 42.1 Å². The summed E-state index contributed by atoms with van der Waals surface area (Å²) in [5, 5.41) is 18.5. The van der Waals surface area contributed by atoms with Crippen molar-refractivity contribution in [2.75, 3.05) is 25.9 Å². The van der Waals surface area contributed by atoms with Crippen molar-refractivity contribution in [3.63, 3.8) is 0 Å². The second-order valence-electron chi connectivity index (χ2n) is 6.71. The van der Waals surface area contributed by atoms with Crippen LogP contribution in [0.5, 0.6) is 0 Å². The number of sulfonamides is 1. The quantitative estimate of drug-likeness (QED) is 0.503. The number of rotatable bonds is 4. The molecule has 1 aromatic rings. The largest absolute Gasteiger partial charge is 0.489 e. The Labute approximate surface area is 147 Å². The van der Waals surface area contributed by atoms with E-state index in [0.717, 1.165) is 6.26 Å². The smallest absolute Gasteiger partial charge is 0.423 e. The van der Waals surface area contributed by atoms with Crippen LogP contribution in [-0.4, -0.2) is 78.4 Å². The first kappa shape index (κ1) is 19.6. The Bertz CT molecular complexity index is 793. The Balaban J connectivity index is 2.26. The van der Waals surface area contributed by atoms with E-state index in [0.29, 0.717) is 6.29 Å². The molecule has 10 heteroatoms. The van der Waals surface area contributed by atoms with Gasteiger partial charge in [0.2, 0.25) is 10.0 Å². The number of benzene rings is 1. The second-order valence-corrected chi connectivity index (χ2v) is 8.62. The Kier molecular flexibility index (Phi) is 5.38. The van der Waals surface area contributed by atoms with Gasteiger partial charge in [-0.2, -0.15) is 4.31 Å². The molecule has 8 nitrogen and oxygen atoms in total. The summed E-state index contributed by atoms with van der Waals surface area (Å²) in [6.07, 6.45) is 1.60. The lowest BCUT2D eigenvalue weighted by Crippen LogP contribution is -2.61. The fraction of sp³-hybridized carbons (Fsp3) is 0.467. The zero-order valence-corrected chi connectivity index (χ0v) is 15.2. The van der Waals surface area contributed by atoms with Gasteiger partial charge in [-0.05, 0) is 31.4 Å². The third-order valence-electron chi connectivity index (χ3n) is 4.25. The lowest BCUT2D eigenvalue weighted by molar-refractivity contribution is 0.0496. The van der Waals surface area contributed by atoms with E-state index < -0.39 is 22.7 Å². The number of aldehydes is 1. The first-order valence-corrected chi connectivity index (χ1v) is 9.54. The number of carbonyl (C=O) groups is 2.